The van der Waals surface area contributed by atoms with Gasteiger partial charge in [-0.05, 0) is 43.5 Å². The van der Waals surface area contributed by atoms with Crippen molar-refractivity contribution >= 4 is 17.5 Å². The van der Waals surface area contributed by atoms with Gasteiger partial charge in [-0.1, -0.05) is 23.7 Å². The number of carbonyl (C=O) groups is 1. The second kappa shape index (κ2) is 7.96. The fourth-order valence-corrected chi connectivity index (χ4v) is 3.74. The Balaban J connectivity index is 1.41. The minimum Gasteiger partial charge on any atom is -0.348 e. The highest BCUT2D eigenvalue weighted by Crippen LogP contribution is 2.42. The van der Waals surface area contributed by atoms with E-state index in [-0.39, 0.29) is 5.91 Å². The van der Waals surface area contributed by atoms with Crippen molar-refractivity contribution in [1.82, 2.24) is 34.8 Å². The molecule has 3 heterocycles. The van der Waals surface area contributed by atoms with Crippen LogP contribution in [0.25, 0.3) is 11.5 Å². The smallest absolute Gasteiger partial charge is 0.255 e. The minimum atomic E-state index is -0.167. The SMILES string of the molecule is Cc1ccc(-n2ncc(C(=O)NCc3cccnc3-n3cncn3)c2C2CC2)cc1Cl. The highest BCUT2D eigenvalue weighted by Gasteiger charge is 2.33. The van der Waals surface area contributed by atoms with Crippen LogP contribution < -0.4 is 5.32 Å². The van der Waals surface area contributed by atoms with E-state index in [9.17, 15) is 4.79 Å². The lowest BCUT2D eigenvalue weighted by Gasteiger charge is -2.11. The average Bonchev–Trinajstić information content (AvgIpc) is 3.29. The molecule has 4 aromatic rings. The molecule has 1 fully saturated rings. The summed E-state index contributed by atoms with van der Waals surface area (Å²) < 4.78 is 3.42. The van der Waals surface area contributed by atoms with Crippen molar-refractivity contribution in [2.75, 3.05) is 0 Å². The van der Waals surface area contributed by atoms with Gasteiger partial charge in [0.1, 0.15) is 12.7 Å². The lowest BCUT2D eigenvalue weighted by molar-refractivity contribution is 0.0950. The molecule has 1 amide bonds. The van der Waals surface area contributed by atoms with Crippen LogP contribution in [0.1, 0.15) is 45.9 Å². The Hall–Kier alpha value is -3.52. The van der Waals surface area contributed by atoms with E-state index in [2.05, 4.69) is 25.5 Å². The van der Waals surface area contributed by atoms with Gasteiger partial charge in [0.2, 0.25) is 0 Å². The Bertz CT molecular complexity index is 1240. The summed E-state index contributed by atoms with van der Waals surface area (Å²) in [5.41, 5.74) is 4.22. The van der Waals surface area contributed by atoms with Crippen LogP contribution >= 0.6 is 11.6 Å². The fourth-order valence-electron chi connectivity index (χ4n) is 3.56. The summed E-state index contributed by atoms with van der Waals surface area (Å²) in [5.74, 6) is 0.792. The van der Waals surface area contributed by atoms with Crippen molar-refractivity contribution < 1.29 is 4.79 Å². The standard InChI is InChI=1S/C22H20ClN7O/c1-14-4-7-17(9-19(14)23)30-20(15-5-6-15)18(11-27-30)22(31)26-10-16-3-2-8-25-21(16)29-13-24-12-28-29/h2-4,7-9,11-13,15H,5-6,10H2,1H3,(H,26,31). The molecule has 1 aliphatic carbocycles. The molecule has 1 N–H and O–H groups in total. The van der Waals surface area contributed by atoms with E-state index in [0.29, 0.717) is 28.9 Å². The summed E-state index contributed by atoms with van der Waals surface area (Å²) in [6, 6.07) is 9.56. The third-order valence-electron chi connectivity index (χ3n) is 5.36. The lowest BCUT2D eigenvalue weighted by atomic mass is 10.1. The van der Waals surface area contributed by atoms with Crippen molar-refractivity contribution in [3.63, 3.8) is 0 Å². The molecule has 0 unspecified atom stereocenters. The normalized spacial score (nSPS) is 13.4. The van der Waals surface area contributed by atoms with Crippen molar-refractivity contribution in [2.24, 2.45) is 0 Å². The molecule has 0 saturated heterocycles. The van der Waals surface area contributed by atoms with Gasteiger partial charge in [-0.2, -0.15) is 10.2 Å². The molecule has 0 atom stereocenters. The zero-order valence-electron chi connectivity index (χ0n) is 16.9. The number of rotatable bonds is 6. The lowest BCUT2D eigenvalue weighted by Crippen LogP contribution is -2.24. The van der Waals surface area contributed by atoms with Gasteiger partial charge in [-0.15, -0.1) is 0 Å². The summed E-state index contributed by atoms with van der Waals surface area (Å²) in [6.45, 7) is 2.27. The molecule has 0 bridgehead atoms. The van der Waals surface area contributed by atoms with E-state index in [1.807, 2.05) is 41.9 Å². The predicted octanol–water partition coefficient (Wildman–Crippen LogP) is 3.62. The number of benzene rings is 1. The molecule has 156 valence electrons. The van der Waals surface area contributed by atoms with Crippen molar-refractivity contribution in [3.05, 3.63) is 82.8 Å². The zero-order chi connectivity index (χ0) is 21.4. The Morgan fingerprint density at radius 2 is 2.13 bits per heavy atom. The molecular weight excluding hydrogens is 414 g/mol. The maximum atomic E-state index is 13.1. The van der Waals surface area contributed by atoms with Gasteiger partial charge in [0, 0.05) is 29.2 Å². The molecular formula is C22H20ClN7O. The Labute approximate surface area is 183 Å². The molecule has 0 aliphatic heterocycles. The van der Waals surface area contributed by atoms with Crippen LogP contribution in [0.3, 0.4) is 0 Å². The number of carbonyl (C=O) groups excluding carboxylic acids is 1. The molecule has 31 heavy (non-hydrogen) atoms. The largest absolute Gasteiger partial charge is 0.348 e. The van der Waals surface area contributed by atoms with Crippen LogP contribution in [-0.4, -0.2) is 35.4 Å². The van der Waals surface area contributed by atoms with Gasteiger partial charge in [0.25, 0.3) is 5.91 Å². The average molecular weight is 434 g/mol. The Kier molecular flexibility index (Phi) is 4.99. The van der Waals surface area contributed by atoms with Crippen LogP contribution in [0.15, 0.2) is 55.4 Å². The number of aromatic nitrogens is 6. The molecule has 1 aliphatic rings. The summed E-state index contributed by atoms with van der Waals surface area (Å²) in [4.78, 5) is 21.4. The van der Waals surface area contributed by atoms with Gasteiger partial charge >= 0.3 is 0 Å². The number of aryl methyl sites for hydroxylation is 1. The second-order valence-corrected chi connectivity index (χ2v) is 7.98. The highest BCUT2D eigenvalue weighted by atomic mass is 35.5. The first kappa shape index (κ1) is 19.4. The maximum Gasteiger partial charge on any atom is 0.255 e. The van der Waals surface area contributed by atoms with Gasteiger partial charge < -0.3 is 5.32 Å². The fraction of sp³-hybridized carbons (Fsp3) is 0.227. The summed E-state index contributed by atoms with van der Waals surface area (Å²) in [6.07, 6.45) is 8.44. The quantitative estimate of drug-likeness (QED) is 0.501. The van der Waals surface area contributed by atoms with Crippen LogP contribution in [0.5, 0.6) is 0 Å². The topological polar surface area (TPSA) is 90.5 Å². The molecule has 3 aromatic heterocycles. The molecule has 9 heteroatoms. The predicted molar refractivity (Wildman–Crippen MR) is 116 cm³/mol. The number of amides is 1. The highest BCUT2D eigenvalue weighted by molar-refractivity contribution is 6.31. The van der Waals surface area contributed by atoms with Crippen molar-refractivity contribution in [3.8, 4) is 11.5 Å². The van der Waals surface area contributed by atoms with Gasteiger partial charge in [0.15, 0.2) is 5.82 Å². The third kappa shape index (κ3) is 3.82. The number of hydrogen-bond acceptors (Lipinski definition) is 5. The van der Waals surface area contributed by atoms with Crippen LogP contribution in [0.4, 0.5) is 0 Å². The number of hydrogen-bond donors (Lipinski definition) is 1. The molecule has 5 rings (SSSR count). The monoisotopic (exact) mass is 433 g/mol. The van der Waals surface area contributed by atoms with E-state index >= 15 is 0 Å². The van der Waals surface area contributed by atoms with Crippen LogP contribution in [-0.2, 0) is 6.54 Å². The van der Waals surface area contributed by atoms with Crippen LogP contribution in [0.2, 0.25) is 5.02 Å². The van der Waals surface area contributed by atoms with Crippen LogP contribution in [0, 0.1) is 6.92 Å². The summed E-state index contributed by atoms with van der Waals surface area (Å²) >= 11 is 6.32. The Morgan fingerprint density at radius 3 is 2.87 bits per heavy atom. The van der Waals surface area contributed by atoms with E-state index in [4.69, 9.17) is 11.6 Å². The van der Waals surface area contributed by atoms with Gasteiger partial charge in [-0.3, -0.25) is 4.79 Å². The Morgan fingerprint density at radius 1 is 1.26 bits per heavy atom. The number of nitrogens with one attached hydrogen (secondary N) is 1. The number of halogens is 1. The maximum absolute atomic E-state index is 13.1. The first-order chi connectivity index (χ1) is 15.1. The van der Waals surface area contributed by atoms with E-state index in [1.54, 1.807) is 23.4 Å². The van der Waals surface area contributed by atoms with Gasteiger partial charge in [-0.25, -0.2) is 19.3 Å². The van der Waals surface area contributed by atoms with Gasteiger partial charge in [0.05, 0.1) is 23.1 Å². The van der Waals surface area contributed by atoms with Crippen molar-refractivity contribution in [2.45, 2.75) is 32.2 Å². The number of nitrogens with zero attached hydrogens (tertiary/aromatic N) is 6. The van der Waals surface area contributed by atoms with Crippen molar-refractivity contribution in [1.29, 1.82) is 0 Å². The van der Waals surface area contributed by atoms with E-state index in [0.717, 1.165) is 35.3 Å². The molecule has 0 radical (unpaired) electrons. The summed E-state index contributed by atoms with van der Waals surface area (Å²) in [5, 5.41) is 12.3. The molecule has 8 nitrogen and oxygen atoms in total. The van der Waals surface area contributed by atoms with E-state index in [1.165, 1.54) is 6.33 Å². The minimum absolute atomic E-state index is 0.167. The first-order valence-electron chi connectivity index (χ1n) is 10.0. The third-order valence-corrected chi connectivity index (χ3v) is 5.76. The van der Waals surface area contributed by atoms with E-state index < -0.39 is 0 Å². The second-order valence-electron chi connectivity index (χ2n) is 7.57. The first-order valence-corrected chi connectivity index (χ1v) is 10.4. The number of pyridine rings is 1. The molecule has 1 saturated carbocycles. The zero-order valence-corrected chi connectivity index (χ0v) is 17.6. The summed E-state index contributed by atoms with van der Waals surface area (Å²) in [7, 11) is 0. The molecule has 1 aromatic carbocycles. The molecule has 0 spiro atoms.